The van der Waals surface area contributed by atoms with Gasteiger partial charge in [0.05, 0.1) is 0 Å². The van der Waals surface area contributed by atoms with Gasteiger partial charge in [-0.3, -0.25) is 4.79 Å². The van der Waals surface area contributed by atoms with Crippen LogP contribution in [0.1, 0.15) is 45.6 Å². The van der Waals surface area contributed by atoms with Crippen molar-refractivity contribution >= 4 is 11.6 Å². The van der Waals surface area contributed by atoms with Crippen LogP contribution in [0.3, 0.4) is 0 Å². The molecule has 2 unspecified atom stereocenters. The summed E-state index contributed by atoms with van der Waals surface area (Å²) in [5.41, 5.74) is 3.29. The molecule has 0 saturated heterocycles. The minimum Gasteiger partial charge on any atom is -0.324 e. The molecule has 1 aromatic carbocycles. The average Bonchev–Trinajstić information content (AvgIpc) is 2.72. The van der Waals surface area contributed by atoms with E-state index in [9.17, 15) is 9.18 Å². The molecule has 2 atom stereocenters. The number of carbonyl (C=O) groups excluding carboxylic acids is 1. The molecule has 0 aromatic heterocycles. The molecule has 1 aliphatic heterocycles. The van der Waals surface area contributed by atoms with E-state index in [4.69, 9.17) is 0 Å². The minimum absolute atomic E-state index is 0.318. The van der Waals surface area contributed by atoms with Gasteiger partial charge < -0.3 is 10.3 Å². The topological polar surface area (TPSA) is 44.4 Å². The van der Waals surface area contributed by atoms with Crippen LogP contribution in [0.2, 0.25) is 0 Å². The van der Waals surface area contributed by atoms with E-state index in [1.807, 2.05) is 24.3 Å². The molecule has 0 bridgehead atoms. The largest absolute Gasteiger partial charge is 0.324 e. The van der Waals surface area contributed by atoms with E-state index < -0.39 is 17.3 Å². The lowest BCUT2D eigenvalue weighted by molar-refractivity contribution is -0.121. The van der Waals surface area contributed by atoms with E-state index in [-0.39, 0.29) is 0 Å². The molecular weight excluding hydrogens is 293 g/mol. The smallest absolute Gasteiger partial charge is 0.253 e. The molecule has 1 heterocycles. The van der Waals surface area contributed by atoms with Crippen LogP contribution in [0, 0.1) is 5.92 Å². The number of para-hydroxylation sites is 1. The summed E-state index contributed by atoms with van der Waals surface area (Å²) < 4.78 is 14.1. The van der Waals surface area contributed by atoms with Gasteiger partial charge in [0.1, 0.15) is 5.83 Å². The number of benzene rings is 1. The normalized spacial score (nSPS) is 22.2. The van der Waals surface area contributed by atoms with Crippen LogP contribution in [0.25, 0.3) is 0 Å². The van der Waals surface area contributed by atoms with Crippen molar-refractivity contribution < 1.29 is 9.18 Å². The van der Waals surface area contributed by atoms with Crippen molar-refractivity contribution in [3.63, 3.8) is 0 Å². The maximum Gasteiger partial charge on any atom is 0.253 e. The van der Waals surface area contributed by atoms with Crippen LogP contribution in [-0.2, 0) is 4.79 Å². The fraction of sp³-hybridized carbons (Fsp3) is 0.500. The first kappa shape index (κ1) is 17.5. The molecule has 0 fully saturated rings. The Labute approximate surface area is 137 Å². The fourth-order valence-corrected chi connectivity index (χ4v) is 3.02. The van der Waals surface area contributed by atoms with E-state index in [1.54, 1.807) is 7.05 Å². The van der Waals surface area contributed by atoms with Gasteiger partial charge in [-0.05, 0) is 36.8 Å². The molecular formula is C18H26FN3O. The van der Waals surface area contributed by atoms with Crippen LogP contribution < -0.4 is 10.7 Å². The summed E-state index contributed by atoms with van der Waals surface area (Å²) in [4.78, 5) is 12.6. The summed E-state index contributed by atoms with van der Waals surface area (Å²) in [5, 5.41) is 4.35. The highest BCUT2D eigenvalue weighted by Crippen LogP contribution is 2.31. The van der Waals surface area contributed by atoms with Crippen LogP contribution in [-0.4, -0.2) is 23.5 Å². The van der Waals surface area contributed by atoms with Gasteiger partial charge in [-0.1, -0.05) is 39.0 Å². The molecule has 23 heavy (non-hydrogen) atoms. The Hall–Kier alpha value is -1.88. The Morgan fingerprint density at radius 2 is 2.00 bits per heavy atom. The monoisotopic (exact) mass is 319 g/mol. The highest BCUT2D eigenvalue weighted by Gasteiger charge is 2.43. The van der Waals surface area contributed by atoms with E-state index in [1.165, 1.54) is 18.1 Å². The van der Waals surface area contributed by atoms with Gasteiger partial charge in [0.15, 0.2) is 5.54 Å². The van der Waals surface area contributed by atoms with Crippen molar-refractivity contribution in [3.8, 4) is 0 Å². The second-order valence-corrected chi connectivity index (χ2v) is 6.90. The third-order valence-electron chi connectivity index (χ3n) is 4.20. The van der Waals surface area contributed by atoms with Crippen molar-refractivity contribution in [3.05, 3.63) is 41.9 Å². The van der Waals surface area contributed by atoms with Gasteiger partial charge in [0, 0.05) is 18.9 Å². The lowest BCUT2D eigenvalue weighted by Gasteiger charge is -2.26. The number of amides is 1. The zero-order valence-electron chi connectivity index (χ0n) is 14.5. The Kier molecular flexibility index (Phi) is 5.09. The quantitative estimate of drug-likeness (QED) is 0.868. The van der Waals surface area contributed by atoms with Crippen molar-refractivity contribution in [2.24, 2.45) is 5.92 Å². The molecule has 2 N–H and O–H groups in total. The van der Waals surface area contributed by atoms with Gasteiger partial charge in [0.2, 0.25) is 0 Å². The standard InChI is InChI=1S/C18H26FN3O/c1-12(2)10-13(3)14-8-6-7-9-15(14)20-17(23)18(4)16(19)11-22(5)21-18/h6-9,11-13,21H,10H2,1-5H3,(H,20,23). The van der Waals surface area contributed by atoms with Crippen molar-refractivity contribution in [2.75, 3.05) is 12.4 Å². The van der Waals surface area contributed by atoms with Crippen molar-refractivity contribution in [2.45, 2.75) is 45.6 Å². The van der Waals surface area contributed by atoms with E-state index in [0.717, 1.165) is 17.7 Å². The van der Waals surface area contributed by atoms with Gasteiger partial charge >= 0.3 is 0 Å². The highest BCUT2D eigenvalue weighted by molar-refractivity contribution is 6.00. The fourth-order valence-electron chi connectivity index (χ4n) is 3.02. The predicted molar refractivity (Wildman–Crippen MR) is 91.4 cm³/mol. The summed E-state index contributed by atoms with van der Waals surface area (Å²) in [6.07, 6.45) is 2.31. The molecule has 2 rings (SSSR count). The van der Waals surface area contributed by atoms with E-state index in [2.05, 4.69) is 31.5 Å². The second kappa shape index (κ2) is 6.71. The number of hydrogen-bond donors (Lipinski definition) is 2. The van der Waals surface area contributed by atoms with Crippen LogP contribution in [0.5, 0.6) is 0 Å². The highest BCUT2D eigenvalue weighted by atomic mass is 19.1. The number of carbonyl (C=O) groups is 1. The van der Waals surface area contributed by atoms with E-state index in [0.29, 0.717) is 11.8 Å². The maximum absolute atomic E-state index is 14.1. The number of halogens is 1. The summed E-state index contributed by atoms with van der Waals surface area (Å²) in [6, 6.07) is 7.73. The van der Waals surface area contributed by atoms with Crippen LogP contribution in [0.15, 0.2) is 36.3 Å². The third kappa shape index (κ3) is 3.72. The Morgan fingerprint density at radius 1 is 1.35 bits per heavy atom. The van der Waals surface area contributed by atoms with E-state index >= 15 is 0 Å². The zero-order valence-corrected chi connectivity index (χ0v) is 14.5. The Bertz CT molecular complexity index is 614. The summed E-state index contributed by atoms with van der Waals surface area (Å²) in [7, 11) is 1.66. The van der Waals surface area contributed by atoms with Crippen LogP contribution in [0.4, 0.5) is 10.1 Å². The second-order valence-electron chi connectivity index (χ2n) is 6.90. The number of hydrazine groups is 1. The molecule has 0 aliphatic carbocycles. The first-order valence-corrected chi connectivity index (χ1v) is 8.03. The number of rotatable bonds is 5. The molecule has 126 valence electrons. The van der Waals surface area contributed by atoms with Crippen LogP contribution >= 0.6 is 0 Å². The Morgan fingerprint density at radius 3 is 2.57 bits per heavy atom. The SMILES string of the molecule is CC(C)CC(C)c1ccccc1NC(=O)C1(C)NN(C)C=C1F. The summed E-state index contributed by atoms with van der Waals surface area (Å²) in [5.74, 6) is -0.0132. The summed E-state index contributed by atoms with van der Waals surface area (Å²) in [6.45, 7) is 8.04. The van der Waals surface area contributed by atoms with Gasteiger partial charge in [0.25, 0.3) is 5.91 Å². The first-order chi connectivity index (χ1) is 10.7. The van der Waals surface area contributed by atoms with Gasteiger partial charge in [-0.15, -0.1) is 0 Å². The maximum atomic E-state index is 14.1. The number of nitrogens with zero attached hydrogens (tertiary/aromatic N) is 1. The molecule has 1 aromatic rings. The van der Waals surface area contributed by atoms with Crippen molar-refractivity contribution in [1.29, 1.82) is 0 Å². The van der Waals surface area contributed by atoms with Gasteiger partial charge in [-0.25, -0.2) is 9.82 Å². The molecule has 0 radical (unpaired) electrons. The first-order valence-electron chi connectivity index (χ1n) is 8.03. The third-order valence-corrected chi connectivity index (χ3v) is 4.20. The lowest BCUT2D eigenvalue weighted by Crippen LogP contribution is -2.53. The predicted octanol–water partition coefficient (Wildman–Crippen LogP) is 3.79. The lowest BCUT2D eigenvalue weighted by atomic mass is 9.90. The summed E-state index contributed by atoms with van der Waals surface area (Å²) >= 11 is 0. The minimum atomic E-state index is -1.37. The number of hydrogen-bond acceptors (Lipinski definition) is 3. The number of nitrogens with one attached hydrogen (secondary N) is 2. The number of anilines is 1. The molecule has 0 spiro atoms. The molecule has 1 aliphatic rings. The van der Waals surface area contributed by atoms with Gasteiger partial charge in [-0.2, -0.15) is 0 Å². The Balaban J connectivity index is 2.21. The molecule has 1 amide bonds. The average molecular weight is 319 g/mol. The molecule has 4 nitrogen and oxygen atoms in total. The van der Waals surface area contributed by atoms with Crippen molar-refractivity contribution in [1.82, 2.24) is 10.4 Å². The zero-order chi connectivity index (χ0) is 17.2. The molecule has 0 saturated carbocycles. The molecule has 5 heteroatoms.